The van der Waals surface area contributed by atoms with E-state index in [1.807, 2.05) is 41.5 Å². The van der Waals surface area contributed by atoms with Gasteiger partial charge in [0.2, 0.25) is 11.8 Å². The fraction of sp³-hybridized carbons (Fsp3) is 0.773. The number of allylic oxidation sites excluding steroid dienone is 1. The first-order chi connectivity index (χ1) is 13.2. The molecule has 1 unspecified atom stereocenters. The van der Waals surface area contributed by atoms with Crippen LogP contribution < -0.4 is 10.6 Å². The largest absolute Gasteiger partial charge is 0.444 e. The Morgan fingerprint density at radius 3 is 2.28 bits per heavy atom. The highest BCUT2D eigenvalue weighted by Gasteiger charge is 2.60. The molecule has 1 saturated heterocycles. The van der Waals surface area contributed by atoms with Crippen LogP contribution in [0.2, 0.25) is 0 Å². The van der Waals surface area contributed by atoms with Gasteiger partial charge in [-0.15, -0.1) is 6.58 Å². The number of nitrogens with one attached hydrogen (secondary N) is 2. The molecule has 164 valence electrons. The summed E-state index contributed by atoms with van der Waals surface area (Å²) in [5, 5.41) is 6.05. The van der Waals surface area contributed by atoms with E-state index in [9.17, 15) is 14.4 Å². The maximum absolute atomic E-state index is 13.4. The minimum absolute atomic E-state index is 0.0955. The Balaban J connectivity index is 2.30. The third-order valence-electron chi connectivity index (χ3n) is 5.59. The third-order valence-corrected chi connectivity index (χ3v) is 5.59. The van der Waals surface area contributed by atoms with Crippen LogP contribution >= 0.6 is 0 Å². The summed E-state index contributed by atoms with van der Waals surface area (Å²) in [5.74, 6) is -0.316. The van der Waals surface area contributed by atoms with E-state index in [2.05, 4.69) is 17.2 Å². The lowest BCUT2D eigenvalue weighted by Crippen LogP contribution is -2.64. The number of nitrogens with zero attached hydrogens (tertiary/aromatic N) is 1. The number of hydrogen-bond acceptors (Lipinski definition) is 4. The van der Waals surface area contributed by atoms with E-state index < -0.39 is 16.7 Å². The third kappa shape index (κ3) is 5.31. The monoisotopic (exact) mass is 407 g/mol. The van der Waals surface area contributed by atoms with Crippen LogP contribution in [0.3, 0.4) is 0 Å². The van der Waals surface area contributed by atoms with Gasteiger partial charge in [0, 0.05) is 25.6 Å². The molecular weight excluding hydrogens is 370 g/mol. The minimum Gasteiger partial charge on any atom is -0.444 e. The fourth-order valence-corrected chi connectivity index (χ4v) is 4.76. The number of rotatable bonds is 4. The van der Waals surface area contributed by atoms with E-state index in [-0.39, 0.29) is 35.7 Å². The lowest BCUT2D eigenvalue weighted by atomic mass is 9.79. The molecule has 2 fully saturated rings. The van der Waals surface area contributed by atoms with Gasteiger partial charge in [0.05, 0.1) is 0 Å². The highest BCUT2D eigenvalue weighted by molar-refractivity contribution is 5.92. The fourth-order valence-electron chi connectivity index (χ4n) is 4.76. The molecule has 2 rings (SSSR count). The number of fused-ring (bicyclic) bond motifs is 1. The van der Waals surface area contributed by atoms with E-state index in [0.29, 0.717) is 25.9 Å². The summed E-state index contributed by atoms with van der Waals surface area (Å²) in [6.07, 6.45) is 2.55. The molecule has 1 saturated carbocycles. The van der Waals surface area contributed by atoms with Crippen LogP contribution in [0.25, 0.3) is 0 Å². The lowest BCUT2D eigenvalue weighted by molar-refractivity contribution is -0.136. The molecule has 0 radical (unpaired) electrons. The zero-order valence-electron chi connectivity index (χ0n) is 18.9. The molecule has 1 heterocycles. The highest BCUT2D eigenvalue weighted by atomic mass is 16.6. The Hall–Kier alpha value is -2.05. The molecule has 0 aromatic rings. The van der Waals surface area contributed by atoms with Crippen molar-refractivity contribution in [2.24, 2.45) is 17.8 Å². The van der Waals surface area contributed by atoms with Crippen molar-refractivity contribution in [1.82, 2.24) is 15.5 Å². The molecule has 0 aromatic heterocycles. The van der Waals surface area contributed by atoms with Crippen LogP contribution in [0.15, 0.2) is 12.7 Å². The Bertz CT molecular complexity index is 677. The van der Waals surface area contributed by atoms with Crippen molar-refractivity contribution in [3.8, 4) is 0 Å². The van der Waals surface area contributed by atoms with Gasteiger partial charge in [-0.25, -0.2) is 4.79 Å². The van der Waals surface area contributed by atoms with E-state index in [0.717, 1.165) is 0 Å². The van der Waals surface area contributed by atoms with Crippen LogP contribution in [0.4, 0.5) is 4.79 Å². The SMILES string of the molecule is C=CC[C@H]1[C@@H]2CN(C(=O)OC(C)(C)C)C[C@@H]2CC1(NC(C)=O)C(=O)NC(C)(C)C. The topological polar surface area (TPSA) is 87.7 Å². The first-order valence-electron chi connectivity index (χ1n) is 10.4. The van der Waals surface area contributed by atoms with Crippen molar-refractivity contribution in [2.45, 2.75) is 78.0 Å². The molecule has 7 heteroatoms. The number of ether oxygens (including phenoxy) is 1. The standard InChI is InChI=1S/C22H37N3O4/c1-9-10-17-16-13-25(19(28)29-21(6,7)8)12-15(16)11-22(17,23-14(2)26)18(27)24-20(3,4)5/h9,15-17H,1,10-13H2,2-8H3,(H,23,26)(H,24,27)/t15-,16+,17-,22?/m0/s1. The molecule has 4 atom stereocenters. The van der Waals surface area contributed by atoms with Crippen molar-refractivity contribution in [3.63, 3.8) is 0 Å². The van der Waals surface area contributed by atoms with Crippen molar-refractivity contribution in [2.75, 3.05) is 13.1 Å². The van der Waals surface area contributed by atoms with Crippen LogP contribution in [0, 0.1) is 17.8 Å². The van der Waals surface area contributed by atoms with Gasteiger partial charge in [-0.05, 0) is 72.1 Å². The molecule has 2 N–H and O–H groups in total. The summed E-state index contributed by atoms with van der Waals surface area (Å²) in [5.41, 5.74) is -1.97. The molecule has 0 bridgehead atoms. The Labute approximate surface area is 174 Å². The van der Waals surface area contributed by atoms with Crippen molar-refractivity contribution >= 4 is 17.9 Å². The van der Waals surface area contributed by atoms with Crippen molar-refractivity contribution < 1.29 is 19.1 Å². The molecule has 29 heavy (non-hydrogen) atoms. The van der Waals surface area contributed by atoms with Gasteiger partial charge in [0.25, 0.3) is 0 Å². The van der Waals surface area contributed by atoms with Crippen molar-refractivity contribution in [3.05, 3.63) is 12.7 Å². The molecular formula is C22H37N3O4. The average Bonchev–Trinajstić information content (AvgIpc) is 3.02. The minimum atomic E-state index is -0.997. The Morgan fingerprint density at radius 1 is 1.17 bits per heavy atom. The maximum atomic E-state index is 13.4. The molecule has 0 spiro atoms. The molecule has 0 aromatic carbocycles. The predicted octanol–water partition coefficient (Wildman–Crippen LogP) is 2.86. The van der Waals surface area contributed by atoms with Gasteiger partial charge in [-0.1, -0.05) is 6.08 Å². The quantitative estimate of drug-likeness (QED) is 0.702. The zero-order valence-corrected chi connectivity index (χ0v) is 18.9. The van der Waals surface area contributed by atoms with E-state index in [4.69, 9.17) is 4.74 Å². The Kier molecular flexibility index (Phi) is 6.40. The zero-order chi connectivity index (χ0) is 22.2. The molecule has 1 aliphatic heterocycles. The summed E-state index contributed by atoms with van der Waals surface area (Å²) in [6.45, 7) is 17.7. The smallest absolute Gasteiger partial charge is 0.410 e. The van der Waals surface area contributed by atoms with Gasteiger partial charge in [-0.3, -0.25) is 9.59 Å². The van der Waals surface area contributed by atoms with Gasteiger partial charge >= 0.3 is 6.09 Å². The molecule has 3 amide bonds. The normalized spacial score (nSPS) is 29.2. The first-order valence-corrected chi connectivity index (χ1v) is 10.4. The second kappa shape index (κ2) is 8.00. The summed E-state index contributed by atoms with van der Waals surface area (Å²) in [7, 11) is 0. The van der Waals surface area contributed by atoms with Crippen molar-refractivity contribution in [1.29, 1.82) is 0 Å². The highest BCUT2D eigenvalue weighted by Crippen LogP contribution is 2.50. The Morgan fingerprint density at radius 2 is 1.79 bits per heavy atom. The maximum Gasteiger partial charge on any atom is 0.410 e. The second-order valence-electron chi connectivity index (χ2n) is 10.5. The van der Waals surface area contributed by atoms with Crippen LogP contribution in [0.5, 0.6) is 0 Å². The predicted molar refractivity (Wildman–Crippen MR) is 112 cm³/mol. The van der Waals surface area contributed by atoms with E-state index in [1.54, 1.807) is 11.0 Å². The van der Waals surface area contributed by atoms with Gasteiger partial charge in [-0.2, -0.15) is 0 Å². The average molecular weight is 408 g/mol. The summed E-state index contributed by atoms with van der Waals surface area (Å²) in [6, 6.07) is 0. The van der Waals surface area contributed by atoms with E-state index >= 15 is 0 Å². The number of carbonyl (C=O) groups excluding carboxylic acids is 3. The summed E-state index contributed by atoms with van der Waals surface area (Å²) in [4.78, 5) is 39.7. The van der Waals surface area contributed by atoms with Gasteiger partial charge in [0.1, 0.15) is 11.1 Å². The lowest BCUT2D eigenvalue weighted by Gasteiger charge is -2.39. The second-order valence-corrected chi connectivity index (χ2v) is 10.5. The number of hydrogen-bond donors (Lipinski definition) is 2. The van der Waals surface area contributed by atoms with Gasteiger partial charge < -0.3 is 20.3 Å². The van der Waals surface area contributed by atoms with E-state index in [1.165, 1.54) is 6.92 Å². The molecule has 1 aliphatic carbocycles. The molecule has 7 nitrogen and oxygen atoms in total. The number of likely N-dealkylation sites (tertiary alicyclic amines) is 1. The summed E-state index contributed by atoms with van der Waals surface area (Å²) >= 11 is 0. The number of amides is 3. The molecule has 2 aliphatic rings. The van der Waals surface area contributed by atoms with Crippen LogP contribution in [-0.4, -0.2) is 52.6 Å². The van der Waals surface area contributed by atoms with Crippen LogP contribution in [0.1, 0.15) is 61.3 Å². The first kappa shape index (κ1) is 23.2. The summed E-state index contributed by atoms with van der Waals surface area (Å²) < 4.78 is 5.53. The van der Waals surface area contributed by atoms with Gasteiger partial charge in [0.15, 0.2) is 0 Å². The number of carbonyl (C=O) groups is 3. The van der Waals surface area contributed by atoms with Crippen LogP contribution in [-0.2, 0) is 14.3 Å².